The molecular weight excluding hydrogens is 588 g/mol. The molecule has 0 spiro atoms. The molecule has 0 atom stereocenters. The Morgan fingerprint density at radius 3 is 2.26 bits per heavy atom. The van der Waals surface area contributed by atoms with Crippen LogP contribution < -0.4 is 19.8 Å². The van der Waals surface area contributed by atoms with Gasteiger partial charge < -0.3 is 10.1 Å². The van der Waals surface area contributed by atoms with Crippen LogP contribution >= 0.6 is 11.6 Å². The zero-order chi connectivity index (χ0) is 30.8. The number of aryl methyl sites for hydroxylation is 2. The highest BCUT2D eigenvalue weighted by molar-refractivity contribution is 7.92. The number of hydrogen-bond acceptors (Lipinski definition) is 6. The molecule has 0 saturated carbocycles. The number of anilines is 1. The summed E-state index contributed by atoms with van der Waals surface area (Å²) in [5.41, 5.74) is 6.26. The number of ether oxygens (including phenoxy) is 1. The highest BCUT2D eigenvalue weighted by Crippen LogP contribution is 2.26. The van der Waals surface area contributed by atoms with Crippen LogP contribution in [-0.4, -0.2) is 39.6 Å². The quantitative estimate of drug-likeness (QED) is 0.171. The first-order valence-electron chi connectivity index (χ1n) is 13.3. The van der Waals surface area contributed by atoms with Gasteiger partial charge in [0.1, 0.15) is 12.3 Å². The second kappa shape index (κ2) is 14.5. The first-order chi connectivity index (χ1) is 20.6. The van der Waals surface area contributed by atoms with E-state index in [1.165, 1.54) is 30.5 Å². The minimum atomic E-state index is -4.09. The summed E-state index contributed by atoms with van der Waals surface area (Å²) in [6, 6.07) is 27.3. The molecule has 0 saturated heterocycles. The zero-order valence-corrected chi connectivity index (χ0v) is 25.2. The molecule has 0 aliphatic heterocycles. The van der Waals surface area contributed by atoms with Crippen molar-refractivity contribution in [3.8, 4) is 5.75 Å². The lowest BCUT2D eigenvalue weighted by molar-refractivity contribution is -0.123. The lowest BCUT2D eigenvalue weighted by Crippen LogP contribution is -2.39. The number of nitrogens with one attached hydrogen (secondary N) is 2. The van der Waals surface area contributed by atoms with Crippen LogP contribution in [0.15, 0.2) is 107 Å². The Morgan fingerprint density at radius 1 is 0.884 bits per heavy atom. The molecule has 0 radical (unpaired) electrons. The Balaban J connectivity index is 1.34. The van der Waals surface area contributed by atoms with Gasteiger partial charge in [0.25, 0.3) is 21.8 Å². The molecule has 0 aliphatic rings. The van der Waals surface area contributed by atoms with Gasteiger partial charge in [-0.3, -0.25) is 13.9 Å². The summed E-state index contributed by atoms with van der Waals surface area (Å²) >= 11 is 5.94. The van der Waals surface area contributed by atoms with Crippen LogP contribution in [0.5, 0.6) is 5.75 Å². The third kappa shape index (κ3) is 8.91. The van der Waals surface area contributed by atoms with E-state index in [-0.39, 0.29) is 17.4 Å². The Kier molecular flexibility index (Phi) is 10.5. The van der Waals surface area contributed by atoms with E-state index >= 15 is 0 Å². The highest BCUT2D eigenvalue weighted by atomic mass is 35.5. The second-order valence-electron chi connectivity index (χ2n) is 9.65. The Labute approximate surface area is 256 Å². The van der Waals surface area contributed by atoms with Crippen LogP contribution in [0.1, 0.15) is 22.3 Å². The van der Waals surface area contributed by atoms with Gasteiger partial charge in [0.2, 0.25) is 0 Å². The fraction of sp³-hybridized carbons (Fsp3) is 0.156. The average molecular weight is 619 g/mol. The van der Waals surface area contributed by atoms with E-state index in [4.69, 9.17) is 16.3 Å². The molecule has 2 amide bonds. The number of benzene rings is 4. The molecule has 4 aromatic carbocycles. The van der Waals surface area contributed by atoms with Gasteiger partial charge >= 0.3 is 0 Å². The maximum Gasteiger partial charge on any atom is 0.264 e. The topological polar surface area (TPSA) is 117 Å². The lowest BCUT2D eigenvalue weighted by Gasteiger charge is -2.24. The van der Waals surface area contributed by atoms with Gasteiger partial charge in [-0.2, -0.15) is 5.10 Å². The van der Waals surface area contributed by atoms with Crippen LogP contribution in [0, 0.1) is 13.8 Å². The van der Waals surface area contributed by atoms with Gasteiger partial charge in [-0.1, -0.05) is 48.0 Å². The van der Waals surface area contributed by atoms with Gasteiger partial charge in [-0.25, -0.2) is 13.8 Å². The molecule has 11 heteroatoms. The fourth-order valence-electron chi connectivity index (χ4n) is 3.92. The standard InChI is InChI=1S/C32H31ClN4O5S/c1-23-8-13-28(18-24(23)2)37(43(40,41)30-16-11-27(33)12-17-30)21-31(38)36-35-20-26-9-14-29(15-10-26)42-22-32(39)34-19-25-6-4-3-5-7-25/h3-18,20H,19,21-22H2,1-2H3,(H,34,39)(H,36,38)/b35-20-. The minimum Gasteiger partial charge on any atom is -0.484 e. The predicted octanol–water partition coefficient (Wildman–Crippen LogP) is 5.00. The van der Waals surface area contributed by atoms with E-state index in [1.54, 1.807) is 42.5 Å². The Hall–Kier alpha value is -4.67. The number of hydrazone groups is 1. The molecule has 0 fully saturated rings. The van der Waals surface area contributed by atoms with E-state index in [9.17, 15) is 18.0 Å². The molecule has 0 heterocycles. The summed E-state index contributed by atoms with van der Waals surface area (Å²) in [7, 11) is -4.09. The van der Waals surface area contributed by atoms with Gasteiger partial charge in [0.05, 0.1) is 16.8 Å². The molecule has 9 nitrogen and oxygen atoms in total. The number of halogens is 1. The molecule has 0 bridgehead atoms. The van der Waals surface area contributed by atoms with Crippen LogP contribution in [0.2, 0.25) is 5.02 Å². The summed E-state index contributed by atoms with van der Waals surface area (Å²) in [6.07, 6.45) is 1.42. The van der Waals surface area contributed by atoms with Gasteiger partial charge in [-0.15, -0.1) is 0 Å². The van der Waals surface area contributed by atoms with Crippen molar-refractivity contribution in [1.29, 1.82) is 0 Å². The summed E-state index contributed by atoms with van der Waals surface area (Å²) in [5, 5.41) is 7.17. The third-order valence-electron chi connectivity index (χ3n) is 6.45. The highest BCUT2D eigenvalue weighted by Gasteiger charge is 2.27. The van der Waals surface area contributed by atoms with Crippen molar-refractivity contribution in [2.45, 2.75) is 25.3 Å². The fourth-order valence-corrected chi connectivity index (χ4v) is 5.46. The molecule has 0 aliphatic carbocycles. The maximum absolute atomic E-state index is 13.5. The molecule has 0 unspecified atom stereocenters. The minimum absolute atomic E-state index is 0.00223. The zero-order valence-electron chi connectivity index (χ0n) is 23.7. The van der Waals surface area contributed by atoms with Gasteiger partial charge in [0, 0.05) is 11.6 Å². The predicted molar refractivity (Wildman–Crippen MR) is 168 cm³/mol. The molecule has 222 valence electrons. The van der Waals surface area contributed by atoms with E-state index in [0.717, 1.165) is 21.0 Å². The number of hydrogen-bond donors (Lipinski definition) is 2. The molecule has 4 aromatic rings. The van der Waals surface area contributed by atoms with E-state index in [2.05, 4.69) is 15.8 Å². The number of sulfonamides is 1. The number of rotatable bonds is 12. The lowest BCUT2D eigenvalue weighted by atomic mass is 10.1. The van der Waals surface area contributed by atoms with Gasteiger partial charge in [-0.05, 0) is 96.8 Å². The van der Waals surface area contributed by atoms with Crippen molar-refractivity contribution in [3.05, 3.63) is 124 Å². The van der Waals surface area contributed by atoms with Crippen LogP contribution in [0.25, 0.3) is 0 Å². The number of amides is 2. The monoisotopic (exact) mass is 618 g/mol. The Bertz CT molecular complexity index is 1690. The van der Waals surface area contributed by atoms with Crippen molar-refractivity contribution < 1.29 is 22.7 Å². The SMILES string of the molecule is Cc1ccc(N(CC(=O)N/N=C\c2ccc(OCC(=O)NCc3ccccc3)cc2)S(=O)(=O)c2ccc(Cl)cc2)cc1C. The van der Waals surface area contributed by atoms with Crippen molar-refractivity contribution in [2.24, 2.45) is 5.10 Å². The molecule has 0 aromatic heterocycles. The summed E-state index contributed by atoms with van der Waals surface area (Å²) in [6.45, 7) is 3.57. The Morgan fingerprint density at radius 2 is 1.58 bits per heavy atom. The first-order valence-corrected chi connectivity index (χ1v) is 15.1. The van der Waals surface area contributed by atoms with E-state index in [1.807, 2.05) is 44.2 Å². The van der Waals surface area contributed by atoms with E-state index in [0.29, 0.717) is 28.6 Å². The summed E-state index contributed by atoms with van der Waals surface area (Å²) in [5.74, 6) is -0.383. The van der Waals surface area contributed by atoms with Crippen molar-refractivity contribution in [2.75, 3.05) is 17.5 Å². The van der Waals surface area contributed by atoms with Crippen molar-refractivity contribution in [1.82, 2.24) is 10.7 Å². The molecule has 4 rings (SSSR count). The number of carbonyl (C=O) groups excluding carboxylic acids is 2. The summed E-state index contributed by atoms with van der Waals surface area (Å²) in [4.78, 5) is 24.9. The smallest absolute Gasteiger partial charge is 0.264 e. The average Bonchev–Trinajstić information content (AvgIpc) is 3.00. The molecule has 43 heavy (non-hydrogen) atoms. The number of carbonyl (C=O) groups is 2. The van der Waals surface area contributed by atoms with Crippen LogP contribution in [-0.2, 0) is 26.2 Å². The third-order valence-corrected chi connectivity index (χ3v) is 8.49. The van der Waals surface area contributed by atoms with Crippen LogP contribution in [0.3, 0.4) is 0 Å². The molecular formula is C32H31ClN4O5S. The largest absolute Gasteiger partial charge is 0.484 e. The number of nitrogens with zero attached hydrogens (tertiary/aromatic N) is 2. The van der Waals surface area contributed by atoms with Crippen molar-refractivity contribution in [3.63, 3.8) is 0 Å². The second-order valence-corrected chi connectivity index (χ2v) is 11.9. The van der Waals surface area contributed by atoms with Gasteiger partial charge in [0.15, 0.2) is 6.61 Å². The first kappa shape index (κ1) is 31.3. The normalized spacial score (nSPS) is 11.2. The van der Waals surface area contributed by atoms with Crippen molar-refractivity contribution >= 4 is 45.3 Å². The van der Waals surface area contributed by atoms with Crippen LogP contribution in [0.4, 0.5) is 5.69 Å². The summed E-state index contributed by atoms with van der Waals surface area (Å²) < 4.78 is 33.6. The maximum atomic E-state index is 13.5. The molecule has 2 N–H and O–H groups in total. The van der Waals surface area contributed by atoms with E-state index < -0.39 is 22.5 Å².